The number of rotatable bonds is 5. The van der Waals surface area contributed by atoms with Gasteiger partial charge in [-0.3, -0.25) is 14.6 Å². The van der Waals surface area contributed by atoms with Gasteiger partial charge < -0.3 is 9.47 Å². The fourth-order valence-corrected chi connectivity index (χ4v) is 3.81. The van der Waals surface area contributed by atoms with Crippen LogP contribution < -0.4 is 4.74 Å². The normalized spacial score (nSPS) is 27.1. The molecule has 2 aliphatic heterocycles. The van der Waals surface area contributed by atoms with E-state index in [4.69, 9.17) is 9.47 Å². The van der Waals surface area contributed by atoms with Gasteiger partial charge in [-0.05, 0) is 31.4 Å². The molecule has 0 spiro atoms. The topological polar surface area (TPSA) is 52.4 Å². The first-order chi connectivity index (χ1) is 11.8. The van der Waals surface area contributed by atoms with Crippen LogP contribution in [0.1, 0.15) is 24.8 Å². The number of hydrogen-bond acceptors (Lipinski definition) is 5. The number of likely N-dealkylation sites (tertiary alicyclic amines) is 1. The van der Waals surface area contributed by atoms with Crippen LogP contribution in [-0.4, -0.2) is 51.1 Å². The molecule has 2 fully saturated rings. The van der Waals surface area contributed by atoms with Crippen LogP contribution in [0.25, 0.3) is 0 Å². The van der Waals surface area contributed by atoms with Crippen LogP contribution >= 0.6 is 0 Å². The van der Waals surface area contributed by atoms with Gasteiger partial charge in [-0.2, -0.15) is 5.10 Å². The van der Waals surface area contributed by atoms with Gasteiger partial charge in [0.25, 0.3) is 0 Å². The van der Waals surface area contributed by atoms with Gasteiger partial charge in [-0.25, -0.2) is 0 Å². The number of pyridine rings is 1. The fourth-order valence-electron chi connectivity index (χ4n) is 3.81. The Labute approximate surface area is 142 Å². The molecular weight excluding hydrogens is 304 g/mol. The maximum Gasteiger partial charge on any atom is 0.137 e. The molecule has 0 radical (unpaired) electrons. The summed E-state index contributed by atoms with van der Waals surface area (Å²) < 4.78 is 14.0. The molecule has 3 atom stereocenters. The first-order valence-corrected chi connectivity index (χ1v) is 8.68. The molecule has 6 heteroatoms. The Morgan fingerprint density at radius 1 is 1.29 bits per heavy atom. The van der Waals surface area contributed by atoms with Crippen LogP contribution in [0.3, 0.4) is 0 Å². The second-order valence-electron chi connectivity index (χ2n) is 6.72. The molecule has 2 aliphatic rings. The lowest BCUT2D eigenvalue weighted by atomic mass is 9.99. The van der Waals surface area contributed by atoms with E-state index < -0.39 is 0 Å². The van der Waals surface area contributed by atoms with Gasteiger partial charge in [-0.1, -0.05) is 0 Å². The maximum absolute atomic E-state index is 6.30. The van der Waals surface area contributed by atoms with Gasteiger partial charge >= 0.3 is 0 Å². The van der Waals surface area contributed by atoms with Crippen molar-refractivity contribution in [3.63, 3.8) is 0 Å². The summed E-state index contributed by atoms with van der Waals surface area (Å²) in [6, 6.07) is 4.35. The first-order valence-electron chi connectivity index (χ1n) is 8.68. The van der Waals surface area contributed by atoms with E-state index in [0.717, 1.165) is 31.7 Å². The lowest BCUT2D eigenvalue weighted by Crippen LogP contribution is -2.43. The van der Waals surface area contributed by atoms with E-state index in [9.17, 15) is 0 Å². The van der Waals surface area contributed by atoms with Crippen LogP contribution in [0.4, 0.5) is 0 Å². The van der Waals surface area contributed by atoms with Gasteiger partial charge in [0.05, 0.1) is 24.6 Å². The molecule has 24 heavy (non-hydrogen) atoms. The van der Waals surface area contributed by atoms with Crippen LogP contribution in [0, 0.1) is 0 Å². The number of aromatic nitrogens is 3. The summed E-state index contributed by atoms with van der Waals surface area (Å²) in [6.45, 7) is 2.67. The minimum Gasteiger partial charge on any atom is -0.489 e. The molecular formula is C18H24N4O2. The predicted molar refractivity (Wildman–Crippen MR) is 89.7 cm³/mol. The van der Waals surface area contributed by atoms with Crippen molar-refractivity contribution in [3.05, 3.63) is 42.5 Å². The standard InChI is InChI=1S/C18H24N4O2/c1-21-11-14(9-20-21)12-22-8-6-18-17(22)5-4-16(24-18)13-23-15-3-2-7-19-10-15/h2-3,7,9-11,16-18H,4-6,8,12-13H2,1H3/t16-,17-,18-/m0/s1. The van der Waals surface area contributed by atoms with Gasteiger partial charge in [0, 0.05) is 44.1 Å². The minimum absolute atomic E-state index is 0.185. The number of hydrogen-bond donors (Lipinski definition) is 0. The Morgan fingerprint density at radius 2 is 2.25 bits per heavy atom. The summed E-state index contributed by atoms with van der Waals surface area (Å²) in [7, 11) is 1.97. The average molecular weight is 328 g/mol. The number of fused-ring (bicyclic) bond motifs is 1. The van der Waals surface area contributed by atoms with E-state index in [1.54, 1.807) is 12.4 Å². The van der Waals surface area contributed by atoms with E-state index >= 15 is 0 Å². The van der Waals surface area contributed by atoms with Crippen LogP contribution in [-0.2, 0) is 18.3 Å². The van der Waals surface area contributed by atoms with Crippen LogP contribution in [0.15, 0.2) is 36.9 Å². The van der Waals surface area contributed by atoms with E-state index in [2.05, 4.69) is 21.2 Å². The SMILES string of the molecule is Cn1cc(CN2CC[C@@H]3O[C@H](COc4cccnc4)CC[C@@H]32)cn1. The lowest BCUT2D eigenvalue weighted by Gasteiger charge is -2.35. The highest BCUT2D eigenvalue weighted by Gasteiger charge is 2.39. The summed E-state index contributed by atoms with van der Waals surface area (Å²) in [5.41, 5.74) is 1.28. The molecule has 0 N–H and O–H groups in total. The van der Waals surface area contributed by atoms with Crippen molar-refractivity contribution < 1.29 is 9.47 Å². The molecule has 4 rings (SSSR count). The molecule has 2 aromatic heterocycles. The molecule has 6 nitrogen and oxygen atoms in total. The minimum atomic E-state index is 0.185. The summed E-state index contributed by atoms with van der Waals surface area (Å²) in [5.74, 6) is 0.813. The zero-order valence-corrected chi connectivity index (χ0v) is 14.0. The lowest BCUT2D eigenvalue weighted by molar-refractivity contribution is -0.0841. The molecule has 0 aromatic carbocycles. The molecule has 0 aliphatic carbocycles. The molecule has 2 aromatic rings. The Hall–Kier alpha value is -1.92. The summed E-state index contributed by atoms with van der Waals surface area (Å²) in [5, 5.41) is 4.27. The van der Waals surface area contributed by atoms with Crippen molar-refractivity contribution in [2.24, 2.45) is 7.05 Å². The van der Waals surface area contributed by atoms with Crippen LogP contribution in [0.5, 0.6) is 5.75 Å². The van der Waals surface area contributed by atoms with Crippen molar-refractivity contribution in [2.45, 2.75) is 44.1 Å². The largest absolute Gasteiger partial charge is 0.489 e. The quantitative estimate of drug-likeness (QED) is 0.840. The zero-order chi connectivity index (χ0) is 16.4. The third-order valence-corrected chi connectivity index (χ3v) is 4.96. The third-order valence-electron chi connectivity index (χ3n) is 4.96. The highest BCUT2D eigenvalue weighted by Crippen LogP contribution is 2.32. The van der Waals surface area contributed by atoms with Gasteiger partial charge in [-0.15, -0.1) is 0 Å². The highest BCUT2D eigenvalue weighted by atomic mass is 16.5. The Balaban J connectivity index is 1.29. The fraction of sp³-hybridized carbons (Fsp3) is 0.556. The predicted octanol–water partition coefficient (Wildman–Crippen LogP) is 2.02. The number of aryl methyl sites for hydroxylation is 1. The second-order valence-corrected chi connectivity index (χ2v) is 6.72. The Morgan fingerprint density at radius 3 is 3.04 bits per heavy atom. The molecule has 0 amide bonds. The summed E-state index contributed by atoms with van der Waals surface area (Å²) in [6.07, 6.45) is 11.4. The molecule has 0 saturated carbocycles. The molecule has 128 valence electrons. The Bertz CT molecular complexity index is 660. The zero-order valence-electron chi connectivity index (χ0n) is 14.0. The van der Waals surface area contributed by atoms with Crippen molar-refractivity contribution >= 4 is 0 Å². The van der Waals surface area contributed by atoms with E-state index in [-0.39, 0.29) is 6.10 Å². The van der Waals surface area contributed by atoms with Crippen molar-refractivity contribution in [2.75, 3.05) is 13.2 Å². The van der Waals surface area contributed by atoms with E-state index in [1.165, 1.54) is 12.0 Å². The van der Waals surface area contributed by atoms with Crippen LogP contribution in [0.2, 0.25) is 0 Å². The van der Waals surface area contributed by atoms with Gasteiger partial charge in [0.2, 0.25) is 0 Å². The smallest absolute Gasteiger partial charge is 0.137 e. The van der Waals surface area contributed by atoms with Crippen molar-refractivity contribution in [3.8, 4) is 5.75 Å². The van der Waals surface area contributed by atoms with E-state index in [0.29, 0.717) is 18.8 Å². The third kappa shape index (κ3) is 3.44. The van der Waals surface area contributed by atoms with Crippen molar-refractivity contribution in [1.82, 2.24) is 19.7 Å². The van der Waals surface area contributed by atoms with E-state index in [1.807, 2.05) is 30.1 Å². The first kappa shape index (κ1) is 15.6. The Kier molecular flexibility index (Phi) is 4.49. The molecule has 4 heterocycles. The molecule has 0 unspecified atom stereocenters. The molecule has 0 bridgehead atoms. The number of ether oxygens (including phenoxy) is 2. The molecule has 2 saturated heterocycles. The van der Waals surface area contributed by atoms with Crippen molar-refractivity contribution in [1.29, 1.82) is 0 Å². The van der Waals surface area contributed by atoms with Gasteiger partial charge in [0.15, 0.2) is 0 Å². The summed E-state index contributed by atoms with van der Waals surface area (Å²) >= 11 is 0. The van der Waals surface area contributed by atoms with Gasteiger partial charge in [0.1, 0.15) is 12.4 Å². The monoisotopic (exact) mass is 328 g/mol. The highest BCUT2D eigenvalue weighted by molar-refractivity contribution is 5.15. The summed E-state index contributed by atoms with van der Waals surface area (Å²) in [4.78, 5) is 6.62. The second kappa shape index (κ2) is 6.91. The number of nitrogens with zero attached hydrogens (tertiary/aromatic N) is 4. The maximum atomic E-state index is 6.30. The average Bonchev–Trinajstić information content (AvgIpc) is 3.20.